The second-order valence-electron chi connectivity index (χ2n) is 6.85. The van der Waals surface area contributed by atoms with Crippen LogP contribution in [0.25, 0.3) is 0 Å². The van der Waals surface area contributed by atoms with E-state index in [9.17, 15) is 19.2 Å². The lowest BCUT2D eigenvalue weighted by Gasteiger charge is -2.30. The van der Waals surface area contributed by atoms with Crippen LogP contribution in [-0.2, 0) is 18.5 Å². The maximum absolute atomic E-state index is 13.1. The molecule has 30 heavy (non-hydrogen) atoms. The number of nitrogens with zero attached hydrogens (tertiary/aromatic N) is 1. The molecule has 0 radical (unpaired) electrons. The Morgan fingerprint density at radius 2 is 2.07 bits per heavy atom. The first-order valence-corrected chi connectivity index (χ1v) is 10.1. The number of benzene rings is 1. The summed E-state index contributed by atoms with van der Waals surface area (Å²) in [5.74, 6) is -1.33. The first-order valence-electron chi connectivity index (χ1n) is 9.76. The van der Waals surface area contributed by atoms with Crippen LogP contribution in [0.2, 0.25) is 0 Å². The van der Waals surface area contributed by atoms with Crippen molar-refractivity contribution in [3.05, 3.63) is 29.3 Å². The molecule has 1 aliphatic rings. The molecular weight excluding hydrogens is 410 g/mol. The molecule has 0 aromatic heterocycles. The van der Waals surface area contributed by atoms with E-state index in [1.165, 1.54) is 11.9 Å². The fourth-order valence-corrected chi connectivity index (χ4v) is 3.28. The van der Waals surface area contributed by atoms with E-state index in [0.717, 1.165) is 6.42 Å². The summed E-state index contributed by atoms with van der Waals surface area (Å²) >= 11 is 3.66. The van der Waals surface area contributed by atoms with Crippen LogP contribution in [-0.4, -0.2) is 68.4 Å². The number of piperidine rings is 1. The summed E-state index contributed by atoms with van der Waals surface area (Å²) in [6.45, 7) is 2.16. The Bertz CT molecular complexity index is 773. The van der Waals surface area contributed by atoms with E-state index in [4.69, 9.17) is 4.74 Å². The normalized spacial score (nSPS) is 16.1. The Labute approximate surface area is 181 Å². The largest absolute Gasteiger partial charge is 0.384 e. The summed E-state index contributed by atoms with van der Waals surface area (Å²) in [5.41, 5.74) is 0.936. The molecule has 1 heterocycles. The molecule has 10 heteroatoms. The van der Waals surface area contributed by atoms with Gasteiger partial charge in [0.25, 0.3) is 5.91 Å². The van der Waals surface area contributed by atoms with Crippen molar-refractivity contribution < 1.29 is 28.1 Å². The van der Waals surface area contributed by atoms with Crippen LogP contribution >= 0.6 is 12.9 Å². The summed E-state index contributed by atoms with van der Waals surface area (Å²) in [5, 5.41) is 5.41. The zero-order valence-corrected chi connectivity index (χ0v) is 17.8. The van der Waals surface area contributed by atoms with Crippen molar-refractivity contribution in [2.24, 2.45) is 0 Å². The highest BCUT2D eigenvalue weighted by atomic mass is 32.1. The predicted molar refractivity (Wildman–Crippen MR) is 114 cm³/mol. The van der Waals surface area contributed by atoms with Crippen LogP contribution in [0.4, 0.5) is 5.69 Å². The van der Waals surface area contributed by atoms with Gasteiger partial charge in [-0.1, -0.05) is 12.1 Å². The second-order valence-corrected chi connectivity index (χ2v) is 7.11. The van der Waals surface area contributed by atoms with Crippen LogP contribution in [0.15, 0.2) is 18.2 Å². The third-order valence-electron chi connectivity index (χ3n) is 4.74. The summed E-state index contributed by atoms with van der Waals surface area (Å²) in [6, 6.07) is 4.18. The van der Waals surface area contributed by atoms with Gasteiger partial charge in [-0.3, -0.25) is 24.5 Å². The van der Waals surface area contributed by atoms with Crippen molar-refractivity contribution in [1.82, 2.24) is 10.2 Å². The maximum Gasteiger partial charge on any atom is 0.257 e. The first kappa shape index (κ1) is 23.8. The van der Waals surface area contributed by atoms with Crippen LogP contribution in [0.1, 0.15) is 46.4 Å². The van der Waals surface area contributed by atoms with Gasteiger partial charge >= 0.3 is 0 Å². The molecule has 1 saturated heterocycles. The molecule has 1 aliphatic heterocycles. The second kappa shape index (κ2) is 12.3. The van der Waals surface area contributed by atoms with Crippen LogP contribution in [0.5, 0.6) is 0 Å². The highest BCUT2D eigenvalue weighted by Crippen LogP contribution is 2.23. The molecule has 1 aromatic rings. The molecule has 1 aromatic carbocycles. The molecule has 0 spiro atoms. The van der Waals surface area contributed by atoms with Crippen LogP contribution < -0.4 is 10.6 Å². The zero-order valence-electron chi connectivity index (χ0n) is 16.9. The van der Waals surface area contributed by atoms with Crippen molar-refractivity contribution in [1.29, 1.82) is 0 Å². The average molecular weight is 438 g/mol. The van der Waals surface area contributed by atoms with E-state index in [2.05, 4.69) is 27.7 Å². The summed E-state index contributed by atoms with van der Waals surface area (Å²) < 4.78 is 10.1. The molecule has 1 unspecified atom stereocenters. The van der Waals surface area contributed by atoms with Crippen molar-refractivity contribution in [2.75, 3.05) is 38.7 Å². The predicted octanol–water partition coefficient (Wildman–Crippen LogP) is 1.45. The van der Waals surface area contributed by atoms with Gasteiger partial charge in [0.15, 0.2) is 6.29 Å². The average Bonchev–Trinajstić information content (AvgIpc) is 2.74. The quantitative estimate of drug-likeness (QED) is 0.149. The van der Waals surface area contributed by atoms with Gasteiger partial charge in [0.05, 0.1) is 12.2 Å². The maximum atomic E-state index is 13.1. The molecule has 0 aliphatic carbocycles. The first-order chi connectivity index (χ1) is 14.5. The topological polar surface area (TPSA) is 114 Å². The van der Waals surface area contributed by atoms with Gasteiger partial charge in [0.1, 0.15) is 6.04 Å². The number of carbonyl (C=O) groups excluding carboxylic acids is 4. The monoisotopic (exact) mass is 437 g/mol. The molecule has 164 valence electrons. The smallest absolute Gasteiger partial charge is 0.257 e. The van der Waals surface area contributed by atoms with Gasteiger partial charge < -0.3 is 19.1 Å². The van der Waals surface area contributed by atoms with E-state index < -0.39 is 17.9 Å². The molecule has 0 bridgehead atoms. The molecule has 1 atom stereocenters. The number of anilines is 1. The standard InChI is InChI=1S/C20H27N3O6S/c1-23(16-7-8-17(25)22-19(16)26)20(27)18-14(13-24)5-2-6-15(18)21-9-3-10-28-11-4-12-29-30/h2,5-6,13,16,21,30H,3-4,7-12H2,1H3,(H,22,25,26). The lowest BCUT2D eigenvalue weighted by Crippen LogP contribution is -2.53. The number of amides is 3. The van der Waals surface area contributed by atoms with Gasteiger partial charge in [-0.05, 0) is 38.2 Å². The molecule has 2 rings (SSSR count). The molecule has 3 amide bonds. The number of hydrogen-bond donors (Lipinski definition) is 3. The minimum atomic E-state index is -0.766. The number of likely N-dealkylation sites (N-methyl/N-ethyl adjacent to an activating group) is 1. The van der Waals surface area contributed by atoms with Crippen LogP contribution in [0.3, 0.4) is 0 Å². The zero-order chi connectivity index (χ0) is 21.9. The van der Waals surface area contributed by atoms with E-state index in [0.29, 0.717) is 44.8 Å². The molecular formula is C20H27N3O6S. The van der Waals surface area contributed by atoms with Crippen molar-refractivity contribution >= 4 is 42.6 Å². The Balaban J connectivity index is 2.02. The number of carbonyl (C=O) groups is 4. The SMILES string of the molecule is CN(C(=O)c1c(C=O)cccc1NCCCOCCCOS)C1CCC(=O)NC1=O. The van der Waals surface area contributed by atoms with Crippen molar-refractivity contribution in [3.8, 4) is 0 Å². The third kappa shape index (κ3) is 6.54. The number of hydrogen-bond acceptors (Lipinski definition) is 8. The number of ether oxygens (including phenoxy) is 1. The van der Waals surface area contributed by atoms with E-state index >= 15 is 0 Å². The summed E-state index contributed by atoms with van der Waals surface area (Å²) in [6.07, 6.45) is 2.47. The highest BCUT2D eigenvalue weighted by Gasteiger charge is 2.34. The Morgan fingerprint density at radius 1 is 1.30 bits per heavy atom. The van der Waals surface area contributed by atoms with Gasteiger partial charge in [0.2, 0.25) is 11.8 Å². The third-order valence-corrected chi connectivity index (χ3v) is 4.92. The summed E-state index contributed by atoms with van der Waals surface area (Å²) in [4.78, 5) is 49.4. The lowest BCUT2D eigenvalue weighted by atomic mass is 10.0. The van der Waals surface area contributed by atoms with Gasteiger partial charge in [-0.2, -0.15) is 0 Å². The number of imide groups is 1. The minimum absolute atomic E-state index is 0.161. The van der Waals surface area contributed by atoms with Gasteiger partial charge in [-0.15, -0.1) is 0 Å². The van der Waals surface area contributed by atoms with E-state index in [1.807, 2.05) is 0 Å². The summed E-state index contributed by atoms with van der Waals surface area (Å²) in [7, 11) is 1.50. The Kier molecular flexibility index (Phi) is 9.78. The Hall–Kier alpha value is -2.43. The van der Waals surface area contributed by atoms with Crippen LogP contribution in [0, 0.1) is 0 Å². The van der Waals surface area contributed by atoms with Crippen molar-refractivity contribution in [3.63, 3.8) is 0 Å². The fourth-order valence-electron chi connectivity index (χ4n) is 3.15. The number of aldehydes is 1. The van der Waals surface area contributed by atoms with Gasteiger partial charge in [0, 0.05) is 44.5 Å². The number of rotatable bonds is 12. The van der Waals surface area contributed by atoms with E-state index in [-0.39, 0.29) is 29.9 Å². The molecule has 1 fully saturated rings. The van der Waals surface area contributed by atoms with Gasteiger partial charge in [-0.25, -0.2) is 0 Å². The highest BCUT2D eigenvalue weighted by molar-refractivity contribution is 7.75. The molecule has 9 nitrogen and oxygen atoms in total. The Morgan fingerprint density at radius 3 is 2.77 bits per heavy atom. The number of thiol groups is 1. The minimum Gasteiger partial charge on any atom is -0.384 e. The number of nitrogens with one attached hydrogen (secondary N) is 2. The fraction of sp³-hybridized carbons (Fsp3) is 0.500. The molecule has 0 saturated carbocycles. The lowest BCUT2D eigenvalue weighted by molar-refractivity contribution is -0.136. The van der Waals surface area contributed by atoms with E-state index in [1.54, 1.807) is 18.2 Å². The molecule has 2 N–H and O–H groups in total. The van der Waals surface area contributed by atoms with Crippen molar-refractivity contribution in [2.45, 2.75) is 31.7 Å².